The highest BCUT2D eigenvalue weighted by Crippen LogP contribution is 2.19. The fourth-order valence-corrected chi connectivity index (χ4v) is 3.30. The molecule has 0 aliphatic heterocycles. The lowest BCUT2D eigenvalue weighted by Crippen LogP contribution is -2.31. The smallest absolute Gasteiger partial charge is 0.342 e. The Balaban J connectivity index is 1.64. The van der Waals surface area contributed by atoms with Crippen LogP contribution in [0.4, 0.5) is 0 Å². The second-order valence-electron chi connectivity index (χ2n) is 6.71. The Bertz CT molecular complexity index is 1030. The molecule has 1 amide bonds. The Morgan fingerprint density at radius 1 is 1.14 bits per heavy atom. The minimum absolute atomic E-state index is 0.260. The Labute approximate surface area is 174 Å². The largest absolute Gasteiger partial charge is 0.452 e. The number of nitrogens with zero attached hydrogens (tertiary/aromatic N) is 2. The molecule has 0 fully saturated rings. The number of aryl methyl sites for hydroxylation is 1. The Morgan fingerprint density at radius 3 is 2.55 bits per heavy atom. The molecule has 2 aromatic carbocycles. The number of ether oxygens (including phenoxy) is 1. The van der Waals surface area contributed by atoms with Crippen LogP contribution in [0.2, 0.25) is 5.02 Å². The average molecular weight is 412 g/mol. The first-order chi connectivity index (χ1) is 13.9. The van der Waals surface area contributed by atoms with Gasteiger partial charge in [0.2, 0.25) is 0 Å². The van der Waals surface area contributed by atoms with Crippen LogP contribution in [0.25, 0.3) is 5.69 Å². The summed E-state index contributed by atoms with van der Waals surface area (Å²) >= 11 is 5.98. The van der Waals surface area contributed by atoms with Crippen LogP contribution in [0.5, 0.6) is 0 Å². The number of esters is 1. The van der Waals surface area contributed by atoms with Crippen molar-refractivity contribution in [3.63, 3.8) is 0 Å². The van der Waals surface area contributed by atoms with Crippen molar-refractivity contribution >= 4 is 23.5 Å². The number of halogens is 1. The highest BCUT2D eigenvalue weighted by molar-refractivity contribution is 6.30. The molecule has 0 aliphatic carbocycles. The average Bonchev–Trinajstić information content (AvgIpc) is 3.01. The summed E-state index contributed by atoms with van der Waals surface area (Å²) in [6.07, 6.45) is 0. The van der Waals surface area contributed by atoms with E-state index in [0.29, 0.717) is 22.0 Å². The minimum Gasteiger partial charge on any atom is -0.452 e. The molecule has 3 aromatic rings. The number of aromatic nitrogens is 2. The second-order valence-corrected chi connectivity index (χ2v) is 7.15. The fraction of sp³-hybridized carbons (Fsp3) is 0.227. The summed E-state index contributed by atoms with van der Waals surface area (Å²) < 4.78 is 6.92. The van der Waals surface area contributed by atoms with Crippen molar-refractivity contribution in [1.29, 1.82) is 0 Å². The van der Waals surface area contributed by atoms with E-state index in [1.54, 1.807) is 30.7 Å². The van der Waals surface area contributed by atoms with Crippen molar-refractivity contribution < 1.29 is 14.3 Å². The van der Waals surface area contributed by atoms with Gasteiger partial charge < -0.3 is 10.1 Å². The quantitative estimate of drug-likeness (QED) is 0.617. The molecule has 1 aromatic heterocycles. The topological polar surface area (TPSA) is 73.2 Å². The molecule has 7 heteroatoms. The van der Waals surface area contributed by atoms with Gasteiger partial charge in [-0.1, -0.05) is 41.9 Å². The van der Waals surface area contributed by atoms with E-state index in [2.05, 4.69) is 10.4 Å². The summed E-state index contributed by atoms with van der Waals surface area (Å²) in [5.41, 5.74) is 3.29. The van der Waals surface area contributed by atoms with Crippen molar-refractivity contribution in [2.24, 2.45) is 0 Å². The zero-order valence-electron chi connectivity index (χ0n) is 16.5. The van der Waals surface area contributed by atoms with Gasteiger partial charge in [-0.3, -0.25) is 4.79 Å². The molecule has 1 heterocycles. The standard InChI is InChI=1S/C22H22ClN3O3/c1-14(17-8-7-9-18(23)12-17)24-20(27)13-29-22(28)21-15(2)25-26(16(21)3)19-10-5-4-6-11-19/h4-12,14H,13H2,1-3H3,(H,24,27)/t14-/m1/s1. The molecule has 0 radical (unpaired) electrons. The van der Waals surface area contributed by atoms with Gasteiger partial charge in [-0.25, -0.2) is 9.48 Å². The fourth-order valence-electron chi connectivity index (χ4n) is 3.10. The lowest BCUT2D eigenvalue weighted by Gasteiger charge is -2.14. The maximum Gasteiger partial charge on any atom is 0.342 e. The molecule has 0 unspecified atom stereocenters. The minimum atomic E-state index is -0.576. The number of carbonyl (C=O) groups excluding carboxylic acids is 2. The molecule has 6 nitrogen and oxygen atoms in total. The first-order valence-electron chi connectivity index (χ1n) is 9.20. The van der Waals surface area contributed by atoms with Crippen LogP contribution in [0.1, 0.15) is 40.3 Å². The van der Waals surface area contributed by atoms with Crippen LogP contribution in [-0.2, 0) is 9.53 Å². The summed E-state index contributed by atoms with van der Waals surface area (Å²) in [7, 11) is 0. The lowest BCUT2D eigenvalue weighted by atomic mass is 10.1. The molecule has 0 saturated heterocycles. The predicted octanol–water partition coefficient (Wildman–Crippen LogP) is 4.18. The van der Waals surface area contributed by atoms with Crippen LogP contribution in [0, 0.1) is 13.8 Å². The van der Waals surface area contributed by atoms with Gasteiger partial charge in [-0.05, 0) is 50.6 Å². The van der Waals surface area contributed by atoms with Crippen molar-refractivity contribution in [2.75, 3.05) is 6.61 Å². The van der Waals surface area contributed by atoms with Crippen molar-refractivity contribution in [3.05, 3.63) is 82.1 Å². The van der Waals surface area contributed by atoms with Gasteiger partial charge in [0.1, 0.15) is 5.56 Å². The maximum absolute atomic E-state index is 12.6. The second kappa shape index (κ2) is 8.92. The molecular formula is C22H22ClN3O3. The molecule has 0 bridgehead atoms. The van der Waals surface area contributed by atoms with Gasteiger partial charge in [0.05, 0.1) is 23.1 Å². The normalized spacial score (nSPS) is 11.7. The molecule has 0 spiro atoms. The first kappa shape index (κ1) is 20.6. The third-order valence-electron chi connectivity index (χ3n) is 4.56. The van der Waals surface area contributed by atoms with Crippen LogP contribution in [-0.4, -0.2) is 28.3 Å². The van der Waals surface area contributed by atoms with Gasteiger partial charge in [0.25, 0.3) is 5.91 Å². The Morgan fingerprint density at radius 2 is 1.86 bits per heavy atom. The molecule has 29 heavy (non-hydrogen) atoms. The van der Waals surface area contributed by atoms with Crippen LogP contribution >= 0.6 is 11.6 Å². The molecule has 1 atom stereocenters. The van der Waals surface area contributed by atoms with E-state index in [0.717, 1.165) is 11.3 Å². The van der Waals surface area contributed by atoms with Crippen molar-refractivity contribution in [3.8, 4) is 5.69 Å². The van der Waals surface area contributed by atoms with Crippen LogP contribution in [0.3, 0.4) is 0 Å². The Kier molecular flexibility index (Phi) is 6.34. The number of para-hydroxylation sites is 1. The summed E-state index contributed by atoms with van der Waals surface area (Å²) in [5.74, 6) is -0.968. The lowest BCUT2D eigenvalue weighted by molar-refractivity contribution is -0.124. The van der Waals surface area contributed by atoms with Gasteiger partial charge in [-0.15, -0.1) is 0 Å². The maximum atomic E-state index is 12.6. The number of hydrogen-bond acceptors (Lipinski definition) is 4. The van der Waals surface area contributed by atoms with E-state index in [1.807, 2.05) is 49.4 Å². The molecule has 150 valence electrons. The molecule has 0 aliphatic rings. The van der Waals surface area contributed by atoms with Crippen LogP contribution in [0.15, 0.2) is 54.6 Å². The van der Waals surface area contributed by atoms with E-state index >= 15 is 0 Å². The third-order valence-corrected chi connectivity index (χ3v) is 4.79. The summed E-state index contributed by atoms with van der Waals surface area (Å²) in [6.45, 7) is 5.00. The predicted molar refractivity (Wildman–Crippen MR) is 111 cm³/mol. The number of nitrogens with one attached hydrogen (secondary N) is 1. The highest BCUT2D eigenvalue weighted by atomic mass is 35.5. The molecule has 1 N–H and O–H groups in total. The summed E-state index contributed by atoms with van der Waals surface area (Å²) in [6, 6.07) is 16.5. The van der Waals surface area contributed by atoms with Crippen LogP contribution < -0.4 is 5.32 Å². The highest BCUT2D eigenvalue weighted by Gasteiger charge is 2.22. The monoisotopic (exact) mass is 411 g/mol. The number of hydrogen-bond donors (Lipinski definition) is 1. The number of rotatable bonds is 6. The zero-order valence-corrected chi connectivity index (χ0v) is 17.2. The zero-order chi connectivity index (χ0) is 21.0. The van der Waals surface area contributed by atoms with Gasteiger partial charge in [0.15, 0.2) is 6.61 Å². The molecular weight excluding hydrogens is 390 g/mol. The van der Waals surface area contributed by atoms with Gasteiger partial charge in [0, 0.05) is 5.02 Å². The van der Waals surface area contributed by atoms with E-state index in [9.17, 15) is 9.59 Å². The van der Waals surface area contributed by atoms with E-state index < -0.39 is 11.9 Å². The first-order valence-corrected chi connectivity index (χ1v) is 9.58. The van der Waals surface area contributed by atoms with E-state index in [4.69, 9.17) is 16.3 Å². The Hall–Kier alpha value is -3.12. The van der Waals surface area contributed by atoms with Crippen molar-refractivity contribution in [1.82, 2.24) is 15.1 Å². The van der Waals surface area contributed by atoms with E-state index in [-0.39, 0.29) is 12.6 Å². The molecule has 0 saturated carbocycles. The molecule has 3 rings (SSSR count). The van der Waals surface area contributed by atoms with Crippen molar-refractivity contribution in [2.45, 2.75) is 26.8 Å². The third kappa shape index (κ3) is 4.84. The summed E-state index contributed by atoms with van der Waals surface area (Å²) in [4.78, 5) is 24.8. The van der Waals surface area contributed by atoms with Gasteiger partial charge in [-0.2, -0.15) is 5.10 Å². The number of amides is 1. The summed E-state index contributed by atoms with van der Waals surface area (Å²) in [5, 5.41) is 7.82. The number of carbonyl (C=O) groups is 2. The van der Waals surface area contributed by atoms with Gasteiger partial charge >= 0.3 is 5.97 Å². The number of benzene rings is 2. The SMILES string of the molecule is Cc1nn(-c2ccccc2)c(C)c1C(=O)OCC(=O)N[C@H](C)c1cccc(Cl)c1. The van der Waals surface area contributed by atoms with E-state index in [1.165, 1.54) is 0 Å².